The topological polar surface area (TPSA) is 83.2 Å². The van der Waals surface area contributed by atoms with E-state index in [0.29, 0.717) is 6.42 Å². The van der Waals surface area contributed by atoms with Crippen LogP contribution < -0.4 is 10.6 Å². The Morgan fingerprint density at radius 1 is 0.944 bits per heavy atom. The lowest BCUT2D eigenvalue weighted by atomic mass is 9.91. The zero-order valence-electron chi connectivity index (χ0n) is 21.0. The van der Waals surface area contributed by atoms with Crippen LogP contribution in [-0.2, 0) is 29.0 Å². The second-order valence-corrected chi connectivity index (χ2v) is 9.35. The van der Waals surface area contributed by atoms with Crippen LogP contribution in [-0.4, -0.2) is 22.5 Å². The maximum Gasteiger partial charge on any atom is 0.408 e. The van der Waals surface area contributed by atoms with Gasteiger partial charge in [0.1, 0.15) is 12.1 Å². The fraction of sp³-hybridized carbons (Fsp3) is 0.267. The van der Waals surface area contributed by atoms with Gasteiger partial charge in [0.2, 0.25) is 5.91 Å². The second-order valence-electron chi connectivity index (χ2n) is 9.35. The van der Waals surface area contributed by atoms with Crippen molar-refractivity contribution in [1.29, 1.82) is 0 Å². The summed E-state index contributed by atoms with van der Waals surface area (Å²) < 4.78 is 5.51. The molecular formula is C30H33N3O3. The minimum atomic E-state index is -1.24. The van der Waals surface area contributed by atoms with E-state index in [-0.39, 0.29) is 18.6 Å². The molecule has 0 spiro atoms. The number of benzene rings is 3. The number of fused-ring (bicyclic) bond motifs is 1. The molecule has 2 unspecified atom stereocenters. The normalized spacial score (nSPS) is 13.5. The standard InChI is InChI=1S/C30H33N3O3/c1-4-22-14-16-23(17-15-22)20-36-29(35)33-30(3,18-25-19-31-27-13-9-8-12-26(25)27)28(34)32-21(2)24-10-6-5-7-11-24/h5-17,19,21,31H,4,18,20H2,1-3H3,(H,32,34)(H,33,35). The number of para-hydroxylation sites is 1. The molecule has 4 rings (SSSR count). The van der Waals surface area contributed by atoms with Crippen molar-refractivity contribution >= 4 is 22.9 Å². The number of rotatable bonds is 9. The van der Waals surface area contributed by atoms with Gasteiger partial charge in [-0.2, -0.15) is 0 Å². The van der Waals surface area contributed by atoms with Crippen LogP contribution in [0.5, 0.6) is 0 Å². The lowest BCUT2D eigenvalue weighted by Crippen LogP contribution is -2.58. The van der Waals surface area contributed by atoms with Crippen molar-refractivity contribution in [3.05, 3.63) is 107 Å². The molecule has 0 fully saturated rings. The third-order valence-electron chi connectivity index (χ3n) is 6.55. The molecule has 2 amide bonds. The van der Waals surface area contributed by atoms with E-state index in [0.717, 1.165) is 34.0 Å². The predicted octanol–water partition coefficient (Wildman–Crippen LogP) is 5.84. The number of amides is 2. The summed E-state index contributed by atoms with van der Waals surface area (Å²) >= 11 is 0. The van der Waals surface area contributed by atoms with E-state index in [1.165, 1.54) is 5.56 Å². The van der Waals surface area contributed by atoms with Crippen LogP contribution in [0.1, 0.15) is 49.1 Å². The first-order valence-electron chi connectivity index (χ1n) is 12.3. The highest BCUT2D eigenvalue weighted by molar-refractivity contribution is 5.91. The van der Waals surface area contributed by atoms with E-state index in [1.54, 1.807) is 6.92 Å². The number of nitrogens with one attached hydrogen (secondary N) is 3. The van der Waals surface area contributed by atoms with Gasteiger partial charge in [0.15, 0.2) is 0 Å². The zero-order valence-corrected chi connectivity index (χ0v) is 21.0. The van der Waals surface area contributed by atoms with E-state index in [2.05, 4.69) is 22.5 Å². The first kappa shape index (κ1) is 25.0. The van der Waals surface area contributed by atoms with Crippen LogP contribution >= 0.6 is 0 Å². The number of carbonyl (C=O) groups excluding carboxylic acids is 2. The lowest BCUT2D eigenvalue weighted by molar-refractivity contribution is -0.127. The van der Waals surface area contributed by atoms with Crippen LogP contribution in [0.25, 0.3) is 10.9 Å². The Morgan fingerprint density at radius 3 is 2.33 bits per heavy atom. The minimum Gasteiger partial charge on any atom is -0.445 e. The Bertz CT molecular complexity index is 1310. The van der Waals surface area contributed by atoms with Gasteiger partial charge in [0, 0.05) is 23.5 Å². The fourth-order valence-electron chi connectivity index (χ4n) is 4.30. The van der Waals surface area contributed by atoms with Crippen molar-refractivity contribution in [3.63, 3.8) is 0 Å². The van der Waals surface area contributed by atoms with Crippen molar-refractivity contribution in [3.8, 4) is 0 Å². The summed E-state index contributed by atoms with van der Waals surface area (Å²) in [5.74, 6) is -0.284. The van der Waals surface area contributed by atoms with Crippen molar-refractivity contribution in [1.82, 2.24) is 15.6 Å². The van der Waals surface area contributed by atoms with Gasteiger partial charge in [-0.3, -0.25) is 4.79 Å². The van der Waals surface area contributed by atoms with Crippen molar-refractivity contribution in [2.24, 2.45) is 0 Å². The Kier molecular flexibility index (Phi) is 7.74. The average molecular weight is 484 g/mol. The molecule has 1 aromatic heterocycles. The first-order chi connectivity index (χ1) is 17.4. The van der Waals surface area contributed by atoms with Gasteiger partial charge in [-0.05, 0) is 48.6 Å². The molecule has 0 saturated heterocycles. The number of alkyl carbamates (subject to hydrolysis) is 1. The van der Waals surface area contributed by atoms with Gasteiger partial charge >= 0.3 is 6.09 Å². The Labute approximate surface area is 212 Å². The second kappa shape index (κ2) is 11.1. The number of ether oxygens (including phenoxy) is 1. The molecule has 0 aliphatic heterocycles. The molecule has 6 heteroatoms. The van der Waals surface area contributed by atoms with Crippen LogP contribution in [0.2, 0.25) is 0 Å². The summed E-state index contributed by atoms with van der Waals surface area (Å²) in [5.41, 5.74) is 3.77. The van der Waals surface area contributed by atoms with E-state index < -0.39 is 11.6 Å². The highest BCUT2D eigenvalue weighted by Gasteiger charge is 2.37. The van der Waals surface area contributed by atoms with Crippen LogP contribution in [0.4, 0.5) is 4.79 Å². The molecule has 1 heterocycles. The maximum atomic E-state index is 13.6. The van der Waals surface area contributed by atoms with Crippen LogP contribution in [0.15, 0.2) is 85.1 Å². The van der Waals surface area contributed by atoms with E-state index in [9.17, 15) is 9.59 Å². The molecule has 0 saturated carbocycles. The smallest absolute Gasteiger partial charge is 0.408 e. The first-order valence-corrected chi connectivity index (χ1v) is 12.3. The Hall–Kier alpha value is -4.06. The Balaban J connectivity index is 1.52. The number of carbonyl (C=O) groups is 2. The van der Waals surface area contributed by atoms with Crippen molar-refractivity contribution in [2.75, 3.05) is 0 Å². The van der Waals surface area contributed by atoms with Crippen LogP contribution in [0, 0.1) is 0 Å². The summed E-state index contributed by atoms with van der Waals surface area (Å²) in [7, 11) is 0. The summed E-state index contributed by atoms with van der Waals surface area (Å²) in [6.07, 6.45) is 2.49. The third kappa shape index (κ3) is 5.95. The summed E-state index contributed by atoms with van der Waals surface area (Å²) in [6.45, 7) is 5.88. The van der Waals surface area contributed by atoms with Crippen LogP contribution in [0.3, 0.4) is 0 Å². The number of aryl methyl sites for hydroxylation is 1. The molecule has 6 nitrogen and oxygen atoms in total. The van der Waals surface area contributed by atoms with Gasteiger partial charge in [-0.1, -0.05) is 79.7 Å². The summed E-state index contributed by atoms with van der Waals surface area (Å²) in [6, 6.07) is 25.4. The molecule has 0 bridgehead atoms. The maximum absolute atomic E-state index is 13.6. The number of aromatic amines is 1. The van der Waals surface area contributed by atoms with E-state index in [1.807, 2.05) is 92.0 Å². The van der Waals surface area contributed by atoms with Gasteiger partial charge < -0.3 is 20.4 Å². The number of hydrogen-bond acceptors (Lipinski definition) is 3. The lowest BCUT2D eigenvalue weighted by Gasteiger charge is -2.31. The molecule has 36 heavy (non-hydrogen) atoms. The number of aromatic nitrogens is 1. The highest BCUT2D eigenvalue weighted by atomic mass is 16.5. The summed E-state index contributed by atoms with van der Waals surface area (Å²) in [5, 5.41) is 6.94. The van der Waals surface area contributed by atoms with Gasteiger partial charge in [0.05, 0.1) is 6.04 Å². The summed E-state index contributed by atoms with van der Waals surface area (Å²) in [4.78, 5) is 29.7. The Morgan fingerprint density at radius 2 is 1.61 bits per heavy atom. The van der Waals surface area contributed by atoms with Gasteiger partial charge in [-0.25, -0.2) is 4.79 Å². The van der Waals surface area contributed by atoms with Gasteiger partial charge in [0.25, 0.3) is 0 Å². The largest absolute Gasteiger partial charge is 0.445 e. The van der Waals surface area contributed by atoms with Crippen molar-refractivity contribution in [2.45, 2.75) is 51.8 Å². The fourth-order valence-corrected chi connectivity index (χ4v) is 4.30. The van der Waals surface area contributed by atoms with Gasteiger partial charge in [-0.15, -0.1) is 0 Å². The highest BCUT2D eigenvalue weighted by Crippen LogP contribution is 2.24. The predicted molar refractivity (Wildman–Crippen MR) is 143 cm³/mol. The molecule has 0 aliphatic carbocycles. The molecule has 4 aromatic rings. The molecule has 0 radical (unpaired) electrons. The van der Waals surface area contributed by atoms with E-state index >= 15 is 0 Å². The molecule has 3 aromatic carbocycles. The molecule has 186 valence electrons. The molecule has 0 aliphatic rings. The zero-order chi connectivity index (χ0) is 25.5. The third-order valence-corrected chi connectivity index (χ3v) is 6.55. The van der Waals surface area contributed by atoms with Crippen molar-refractivity contribution < 1.29 is 14.3 Å². The SMILES string of the molecule is CCc1ccc(COC(=O)NC(C)(Cc2c[nH]c3ccccc23)C(=O)NC(C)c2ccccc2)cc1. The quantitative estimate of drug-likeness (QED) is 0.280. The number of hydrogen-bond donors (Lipinski definition) is 3. The number of H-pyrrole nitrogens is 1. The monoisotopic (exact) mass is 483 g/mol. The molecule has 3 N–H and O–H groups in total. The van der Waals surface area contributed by atoms with E-state index in [4.69, 9.17) is 4.74 Å². The minimum absolute atomic E-state index is 0.126. The molecule has 2 atom stereocenters. The average Bonchev–Trinajstić information content (AvgIpc) is 3.30. The molecular weight excluding hydrogens is 450 g/mol.